The number of anilines is 1. The Hall–Kier alpha value is -2.92. The van der Waals surface area contributed by atoms with Crippen LogP contribution in [0.3, 0.4) is 0 Å². The van der Waals surface area contributed by atoms with Crippen LogP contribution in [0.2, 0.25) is 5.02 Å². The van der Waals surface area contributed by atoms with E-state index in [0.29, 0.717) is 17.1 Å². The van der Waals surface area contributed by atoms with Gasteiger partial charge in [-0.05, 0) is 48.9 Å². The Morgan fingerprint density at radius 2 is 1.92 bits per heavy atom. The number of nitrogens with zero attached hydrogens (tertiary/aromatic N) is 2. The zero-order valence-electron chi connectivity index (χ0n) is 14.1. The first-order chi connectivity index (χ1) is 12.5. The van der Waals surface area contributed by atoms with E-state index >= 15 is 0 Å². The summed E-state index contributed by atoms with van der Waals surface area (Å²) in [5.74, 6) is -0.693. The molecular formula is C20H17ClN2O3. The van der Waals surface area contributed by atoms with Crippen LogP contribution in [0.25, 0.3) is 5.69 Å². The third kappa shape index (κ3) is 2.44. The van der Waals surface area contributed by atoms with Crippen molar-refractivity contribution in [3.8, 4) is 17.2 Å². The van der Waals surface area contributed by atoms with Crippen LogP contribution >= 0.6 is 11.6 Å². The molecule has 0 radical (unpaired) electrons. The summed E-state index contributed by atoms with van der Waals surface area (Å²) in [6.07, 6.45) is 2.66. The number of carbonyl (C=O) groups is 1. The van der Waals surface area contributed by atoms with Crippen molar-refractivity contribution in [2.45, 2.75) is 19.4 Å². The van der Waals surface area contributed by atoms with Crippen molar-refractivity contribution in [3.05, 3.63) is 71.0 Å². The molecule has 0 saturated carbocycles. The van der Waals surface area contributed by atoms with Crippen LogP contribution in [-0.4, -0.2) is 20.7 Å². The molecule has 0 fully saturated rings. The molecule has 4 rings (SSSR count). The quantitative estimate of drug-likeness (QED) is 0.691. The van der Waals surface area contributed by atoms with Gasteiger partial charge in [0.05, 0.1) is 23.0 Å². The largest absolute Gasteiger partial charge is 0.508 e. The maximum absolute atomic E-state index is 13.3. The van der Waals surface area contributed by atoms with E-state index in [4.69, 9.17) is 11.6 Å². The number of carbonyl (C=O) groups excluding carboxylic acids is 1. The molecule has 2 heterocycles. The second-order valence-electron chi connectivity index (χ2n) is 6.24. The topological polar surface area (TPSA) is 65.7 Å². The fraction of sp³-hybridized carbons (Fsp3) is 0.150. The van der Waals surface area contributed by atoms with Crippen molar-refractivity contribution in [2.24, 2.45) is 0 Å². The average molecular weight is 369 g/mol. The first-order valence-electron chi connectivity index (χ1n) is 8.34. The van der Waals surface area contributed by atoms with Crippen LogP contribution in [0.1, 0.15) is 35.4 Å². The average Bonchev–Trinajstić information content (AvgIpc) is 3.09. The van der Waals surface area contributed by atoms with Crippen LogP contribution < -0.4 is 4.90 Å². The number of rotatable bonds is 2. The van der Waals surface area contributed by atoms with Gasteiger partial charge in [-0.2, -0.15) is 0 Å². The Morgan fingerprint density at radius 3 is 2.65 bits per heavy atom. The zero-order valence-corrected chi connectivity index (χ0v) is 14.8. The van der Waals surface area contributed by atoms with E-state index in [0.717, 1.165) is 11.4 Å². The molecule has 3 aromatic rings. The Kier molecular flexibility index (Phi) is 3.89. The minimum Gasteiger partial charge on any atom is -0.508 e. The predicted octanol–water partition coefficient (Wildman–Crippen LogP) is 4.65. The maximum atomic E-state index is 13.3. The standard InChI is InChI=1S/C20H17ClN2O3/c1-2-15-16-4-3-9-22(16)17-8-5-12(21)10-18(17)23(15)20(26)14-7-6-13(24)11-19(14)25/h3-11,15,24-25H,2H2,1H3/t15-/m0/s1. The molecule has 1 aliphatic rings. The van der Waals surface area contributed by atoms with E-state index in [1.54, 1.807) is 17.0 Å². The summed E-state index contributed by atoms with van der Waals surface area (Å²) in [5, 5.41) is 20.2. The number of halogens is 1. The lowest BCUT2D eigenvalue weighted by Gasteiger charge is -2.38. The lowest BCUT2D eigenvalue weighted by Crippen LogP contribution is -2.39. The highest BCUT2D eigenvalue weighted by Crippen LogP contribution is 2.43. The van der Waals surface area contributed by atoms with Crippen LogP contribution in [0.4, 0.5) is 5.69 Å². The Balaban J connectivity index is 1.92. The normalized spacial score (nSPS) is 15.5. The molecule has 6 heteroatoms. The summed E-state index contributed by atoms with van der Waals surface area (Å²) >= 11 is 6.21. The molecule has 5 nitrogen and oxygen atoms in total. The SMILES string of the molecule is CC[C@H]1c2cccn2-c2ccc(Cl)cc2N1C(=O)c1ccc(O)cc1O. The number of phenols is 2. The van der Waals surface area contributed by atoms with Gasteiger partial charge in [0, 0.05) is 23.0 Å². The van der Waals surface area contributed by atoms with Crippen LogP contribution in [0.15, 0.2) is 54.7 Å². The summed E-state index contributed by atoms with van der Waals surface area (Å²) in [5.41, 5.74) is 2.66. The molecule has 0 bridgehead atoms. The van der Waals surface area contributed by atoms with Crippen molar-refractivity contribution in [3.63, 3.8) is 0 Å². The molecule has 1 aliphatic heterocycles. The molecule has 0 saturated heterocycles. The fourth-order valence-corrected chi connectivity index (χ4v) is 3.72. The van der Waals surface area contributed by atoms with Crippen LogP contribution in [-0.2, 0) is 0 Å². The highest BCUT2D eigenvalue weighted by atomic mass is 35.5. The Bertz CT molecular complexity index is 1010. The van der Waals surface area contributed by atoms with Crippen LogP contribution in [0, 0.1) is 0 Å². The van der Waals surface area contributed by atoms with Crippen molar-refractivity contribution >= 4 is 23.2 Å². The van der Waals surface area contributed by atoms with Crippen molar-refractivity contribution in [1.82, 2.24) is 4.57 Å². The lowest BCUT2D eigenvalue weighted by molar-refractivity contribution is 0.0971. The number of fused-ring (bicyclic) bond motifs is 3. The van der Waals surface area contributed by atoms with E-state index < -0.39 is 0 Å². The summed E-state index contributed by atoms with van der Waals surface area (Å²) in [4.78, 5) is 15.0. The molecule has 2 aromatic carbocycles. The molecule has 26 heavy (non-hydrogen) atoms. The second-order valence-corrected chi connectivity index (χ2v) is 6.67. The van der Waals surface area contributed by atoms with E-state index in [-0.39, 0.29) is 29.0 Å². The minimum atomic E-state index is -0.342. The first-order valence-corrected chi connectivity index (χ1v) is 8.71. The Morgan fingerprint density at radius 1 is 1.12 bits per heavy atom. The summed E-state index contributed by atoms with van der Waals surface area (Å²) in [6, 6.07) is 13.2. The van der Waals surface area contributed by atoms with Gasteiger partial charge in [-0.1, -0.05) is 18.5 Å². The fourth-order valence-electron chi connectivity index (χ4n) is 3.55. The van der Waals surface area contributed by atoms with Crippen molar-refractivity contribution in [1.29, 1.82) is 0 Å². The first kappa shape index (κ1) is 16.5. The lowest BCUT2D eigenvalue weighted by atomic mass is 10.0. The maximum Gasteiger partial charge on any atom is 0.262 e. The molecule has 132 valence electrons. The predicted molar refractivity (Wildman–Crippen MR) is 100 cm³/mol. The van der Waals surface area contributed by atoms with Crippen molar-refractivity contribution in [2.75, 3.05) is 4.90 Å². The number of amides is 1. The Labute approximate surface area is 155 Å². The van der Waals surface area contributed by atoms with Gasteiger partial charge in [0.2, 0.25) is 0 Å². The minimum absolute atomic E-state index is 0.0953. The van der Waals surface area contributed by atoms with Gasteiger partial charge in [-0.15, -0.1) is 0 Å². The number of hydrogen-bond donors (Lipinski definition) is 2. The van der Waals surface area contributed by atoms with Gasteiger partial charge >= 0.3 is 0 Å². The summed E-state index contributed by atoms with van der Waals surface area (Å²) < 4.78 is 2.06. The van der Waals surface area contributed by atoms with E-state index in [1.165, 1.54) is 18.2 Å². The highest BCUT2D eigenvalue weighted by molar-refractivity contribution is 6.31. The van der Waals surface area contributed by atoms with E-state index in [9.17, 15) is 15.0 Å². The molecule has 2 N–H and O–H groups in total. The van der Waals surface area contributed by atoms with Gasteiger partial charge in [0.15, 0.2) is 0 Å². The highest BCUT2D eigenvalue weighted by Gasteiger charge is 2.35. The molecule has 1 aromatic heterocycles. The van der Waals surface area contributed by atoms with Gasteiger partial charge < -0.3 is 14.8 Å². The van der Waals surface area contributed by atoms with Crippen LogP contribution in [0.5, 0.6) is 11.5 Å². The third-order valence-corrected chi connectivity index (χ3v) is 4.94. The smallest absolute Gasteiger partial charge is 0.262 e. The molecule has 0 unspecified atom stereocenters. The summed E-state index contributed by atoms with van der Waals surface area (Å²) in [6.45, 7) is 2.01. The number of benzene rings is 2. The molecule has 1 atom stereocenters. The molecular weight excluding hydrogens is 352 g/mol. The zero-order chi connectivity index (χ0) is 18.4. The molecule has 0 aliphatic carbocycles. The second kappa shape index (κ2) is 6.11. The van der Waals surface area contributed by atoms with E-state index in [1.807, 2.05) is 31.3 Å². The molecule has 1 amide bonds. The number of hydrogen-bond acceptors (Lipinski definition) is 3. The van der Waals surface area contributed by atoms with E-state index in [2.05, 4.69) is 4.57 Å². The van der Waals surface area contributed by atoms with Gasteiger partial charge in [-0.25, -0.2) is 0 Å². The number of phenolic OH excluding ortho intramolecular Hbond substituents is 2. The number of aromatic hydroxyl groups is 2. The van der Waals surface area contributed by atoms with Crippen molar-refractivity contribution < 1.29 is 15.0 Å². The number of aromatic nitrogens is 1. The summed E-state index contributed by atoms with van der Waals surface area (Å²) in [7, 11) is 0. The van der Waals surface area contributed by atoms with Gasteiger partial charge in [0.25, 0.3) is 5.91 Å². The van der Waals surface area contributed by atoms with Gasteiger partial charge in [-0.3, -0.25) is 9.69 Å². The van der Waals surface area contributed by atoms with Gasteiger partial charge in [0.1, 0.15) is 11.5 Å². The third-order valence-electron chi connectivity index (χ3n) is 4.71. The molecule has 0 spiro atoms. The monoisotopic (exact) mass is 368 g/mol.